The molecule has 1 aliphatic carbocycles. The summed E-state index contributed by atoms with van der Waals surface area (Å²) >= 11 is 1.51. The lowest BCUT2D eigenvalue weighted by Crippen LogP contribution is -2.39. The van der Waals surface area contributed by atoms with Crippen LogP contribution >= 0.6 is 11.8 Å². The van der Waals surface area contributed by atoms with Crippen molar-refractivity contribution in [2.24, 2.45) is 0 Å². The van der Waals surface area contributed by atoms with Gasteiger partial charge < -0.3 is 15.0 Å². The van der Waals surface area contributed by atoms with Gasteiger partial charge in [-0.3, -0.25) is 14.4 Å². The van der Waals surface area contributed by atoms with E-state index in [0.717, 1.165) is 36.3 Å². The Morgan fingerprint density at radius 1 is 1.19 bits per heavy atom. The highest BCUT2D eigenvalue weighted by atomic mass is 32.2. The first kappa shape index (κ1) is 18.8. The lowest BCUT2D eigenvalue weighted by molar-refractivity contribution is -0.148. The molecule has 0 spiro atoms. The number of ether oxygens (including phenoxy) is 1. The van der Waals surface area contributed by atoms with Crippen LogP contribution in [-0.4, -0.2) is 42.7 Å². The van der Waals surface area contributed by atoms with Crippen LogP contribution in [0.4, 0.5) is 5.69 Å². The molecular weight excluding hydrogens is 352 g/mol. The molecule has 2 amide bonds. The summed E-state index contributed by atoms with van der Waals surface area (Å²) in [5.74, 6) is -0.361. The van der Waals surface area contributed by atoms with E-state index in [1.807, 2.05) is 24.3 Å². The van der Waals surface area contributed by atoms with E-state index in [4.69, 9.17) is 4.74 Å². The Balaban J connectivity index is 1.42. The summed E-state index contributed by atoms with van der Waals surface area (Å²) in [6, 6.07) is 7.85. The van der Waals surface area contributed by atoms with Crippen molar-refractivity contribution in [3.05, 3.63) is 24.3 Å². The number of carbonyl (C=O) groups excluding carboxylic acids is 3. The number of hydrogen-bond acceptors (Lipinski definition) is 5. The fraction of sp³-hybridized carbons (Fsp3) is 0.526. The molecule has 26 heavy (non-hydrogen) atoms. The van der Waals surface area contributed by atoms with Gasteiger partial charge in [0.15, 0.2) is 6.61 Å². The summed E-state index contributed by atoms with van der Waals surface area (Å²) in [6.45, 7) is 0.00913. The standard InChI is InChI=1S/C19H24N2O4S/c22-17(20-14-6-2-1-3-7-14)12-25-19(24)10-11-21-15-8-4-5-9-16(15)26-13-18(21)23/h4-5,8-9,14H,1-3,6-7,10-13H2,(H,20,22). The highest BCUT2D eigenvalue weighted by molar-refractivity contribution is 8.00. The van der Waals surface area contributed by atoms with Crippen LogP contribution in [0.1, 0.15) is 38.5 Å². The van der Waals surface area contributed by atoms with Crippen LogP contribution < -0.4 is 10.2 Å². The van der Waals surface area contributed by atoms with Crippen LogP contribution in [0.15, 0.2) is 29.2 Å². The maximum absolute atomic E-state index is 12.1. The Bertz CT molecular complexity index is 673. The lowest BCUT2D eigenvalue weighted by atomic mass is 9.95. The van der Waals surface area contributed by atoms with Crippen molar-refractivity contribution in [2.75, 3.05) is 23.8 Å². The minimum Gasteiger partial charge on any atom is -0.456 e. The van der Waals surface area contributed by atoms with Crippen molar-refractivity contribution in [3.8, 4) is 0 Å². The van der Waals surface area contributed by atoms with Crippen LogP contribution in [0.5, 0.6) is 0 Å². The van der Waals surface area contributed by atoms with Gasteiger partial charge in [0.2, 0.25) is 5.91 Å². The van der Waals surface area contributed by atoms with E-state index >= 15 is 0 Å². The van der Waals surface area contributed by atoms with Crippen molar-refractivity contribution in [1.29, 1.82) is 0 Å². The van der Waals surface area contributed by atoms with E-state index in [2.05, 4.69) is 5.32 Å². The maximum atomic E-state index is 12.1. The van der Waals surface area contributed by atoms with E-state index in [9.17, 15) is 14.4 Å². The third-order valence-corrected chi connectivity index (χ3v) is 5.73. The molecule has 0 bridgehead atoms. The number of benzene rings is 1. The number of hydrogen-bond donors (Lipinski definition) is 1. The normalized spacial score (nSPS) is 17.5. The van der Waals surface area contributed by atoms with Crippen molar-refractivity contribution in [2.45, 2.75) is 49.5 Å². The molecule has 0 saturated heterocycles. The Morgan fingerprint density at radius 2 is 1.96 bits per heavy atom. The third-order valence-electron chi connectivity index (χ3n) is 4.68. The van der Waals surface area contributed by atoms with Crippen molar-refractivity contribution in [3.63, 3.8) is 0 Å². The van der Waals surface area contributed by atoms with E-state index in [-0.39, 0.29) is 37.4 Å². The second-order valence-corrected chi connectivity index (χ2v) is 7.63. The van der Waals surface area contributed by atoms with Gasteiger partial charge in [-0.1, -0.05) is 31.4 Å². The Kier molecular flexibility index (Phi) is 6.55. The van der Waals surface area contributed by atoms with Gasteiger partial charge in [-0.15, -0.1) is 11.8 Å². The number of nitrogens with zero attached hydrogens (tertiary/aromatic N) is 1. The van der Waals surface area contributed by atoms with E-state index < -0.39 is 5.97 Å². The molecule has 6 nitrogen and oxygen atoms in total. The van der Waals surface area contributed by atoms with E-state index in [1.165, 1.54) is 18.2 Å². The molecule has 0 radical (unpaired) electrons. The van der Waals surface area contributed by atoms with Gasteiger partial charge in [0, 0.05) is 17.5 Å². The average Bonchev–Trinajstić information content (AvgIpc) is 2.66. The zero-order chi connectivity index (χ0) is 18.4. The van der Waals surface area contributed by atoms with Gasteiger partial charge in [-0.05, 0) is 25.0 Å². The fourth-order valence-electron chi connectivity index (χ4n) is 3.34. The molecule has 1 fully saturated rings. The quantitative estimate of drug-likeness (QED) is 0.772. The zero-order valence-electron chi connectivity index (χ0n) is 14.7. The molecule has 1 N–H and O–H groups in total. The predicted molar refractivity (Wildman–Crippen MR) is 100 cm³/mol. The van der Waals surface area contributed by atoms with Crippen LogP contribution in [0.25, 0.3) is 0 Å². The number of anilines is 1. The second kappa shape index (κ2) is 9.07. The van der Waals surface area contributed by atoms with Crippen molar-refractivity contribution in [1.82, 2.24) is 5.32 Å². The molecule has 1 aliphatic heterocycles. The summed E-state index contributed by atoms with van der Waals surface area (Å²) in [5.41, 5.74) is 0.830. The number of para-hydroxylation sites is 1. The van der Waals surface area contributed by atoms with E-state index in [1.54, 1.807) is 4.90 Å². The van der Waals surface area contributed by atoms with Gasteiger partial charge >= 0.3 is 5.97 Å². The first-order valence-electron chi connectivity index (χ1n) is 9.10. The smallest absolute Gasteiger partial charge is 0.308 e. The van der Waals surface area contributed by atoms with Crippen LogP contribution in [0, 0.1) is 0 Å². The number of rotatable bonds is 6. The van der Waals surface area contributed by atoms with Crippen LogP contribution in [0.2, 0.25) is 0 Å². The molecular formula is C19H24N2O4S. The molecule has 3 rings (SSSR count). The number of nitrogens with one attached hydrogen (secondary N) is 1. The molecule has 0 atom stereocenters. The van der Waals surface area contributed by atoms with Gasteiger partial charge in [0.1, 0.15) is 0 Å². The molecule has 140 valence electrons. The van der Waals surface area contributed by atoms with E-state index in [0.29, 0.717) is 5.75 Å². The molecule has 1 aromatic carbocycles. The molecule has 0 unspecified atom stereocenters. The molecule has 7 heteroatoms. The summed E-state index contributed by atoms with van der Waals surface area (Å²) in [4.78, 5) is 38.6. The molecule has 1 saturated carbocycles. The SMILES string of the molecule is O=C(COC(=O)CCN1C(=O)CSc2ccccc21)NC1CCCCC1. The maximum Gasteiger partial charge on any atom is 0.308 e. The first-order valence-corrected chi connectivity index (χ1v) is 10.1. The number of esters is 1. The van der Waals surface area contributed by atoms with Crippen molar-refractivity contribution < 1.29 is 19.1 Å². The zero-order valence-corrected chi connectivity index (χ0v) is 15.6. The van der Waals surface area contributed by atoms with Crippen LogP contribution in [-0.2, 0) is 19.1 Å². The average molecular weight is 376 g/mol. The Labute approximate surface area is 157 Å². The summed E-state index contributed by atoms with van der Waals surface area (Å²) < 4.78 is 5.07. The fourth-order valence-corrected chi connectivity index (χ4v) is 4.27. The second-order valence-electron chi connectivity index (χ2n) is 6.61. The van der Waals surface area contributed by atoms with Gasteiger partial charge in [0.05, 0.1) is 17.9 Å². The molecule has 1 aromatic rings. The lowest BCUT2D eigenvalue weighted by Gasteiger charge is -2.28. The molecule has 1 heterocycles. The first-order chi connectivity index (χ1) is 12.6. The monoisotopic (exact) mass is 376 g/mol. The molecule has 0 aromatic heterocycles. The minimum atomic E-state index is -0.465. The van der Waals surface area contributed by atoms with Gasteiger partial charge in [0.25, 0.3) is 5.91 Å². The largest absolute Gasteiger partial charge is 0.456 e. The predicted octanol–water partition coefficient (Wildman–Crippen LogP) is 2.51. The topological polar surface area (TPSA) is 75.7 Å². The molecule has 2 aliphatic rings. The van der Waals surface area contributed by atoms with Gasteiger partial charge in [-0.25, -0.2) is 0 Å². The van der Waals surface area contributed by atoms with Crippen LogP contribution in [0.3, 0.4) is 0 Å². The number of carbonyl (C=O) groups is 3. The summed E-state index contributed by atoms with van der Waals surface area (Å²) in [6.07, 6.45) is 5.55. The highest BCUT2D eigenvalue weighted by Gasteiger charge is 2.25. The number of amides is 2. The Hall–Kier alpha value is -2.02. The summed E-state index contributed by atoms with van der Waals surface area (Å²) in [5, 5.41) is 2.92. The summed E-state index contributed by atoms with van der Waals surface area (Å²) in [7, 11) is 0. The Morgan fingerprint density at radius 3 is 2.77 bits per heavy atom. The number of thioether (sulfide) groups is 1. The minimum absolute atomic E-state index is 0.0171. The highest BCUT2D eigenvalue weighted by Crippen LogP contribution is 2.34. The number of fused-ring (bicyclic) bond motifs is 1. The van der Waals surface area contributed by atoms with Gasteiger partial charge in [-0.2, -0.15) is 0 Å². The van der Waals surface area contributed by atoms with Crippen molar-refractivity contribution >= 4 is 35.2 Å². The third kappa shape index (κ3) is 5.00.